The fraction of sp³-hybridized carbons (Fsp3) is 0.0149. The number of rotatable bonds is 6. The summed E-state index contributed by atoms with van der Waals surface area (Å²) in [5.74, 6) is 0. The highest BCUT2D eigenvalue weighted by Gasteiger charge is 2.40. The molecule has 1 atom stereocenters. The maximum Gasteiger partial charge on any atom is 0.131 e. The highest BCUT2D eigenvalue weighted by Crippen LogP contribution is 2.53. The SMILES string of the molecule is c1ccc(C2=C(c3ccccc3)N3c4ccccc4-c4cc(-c5ccc(-c6ccc7c(-c8ccc9ccccc9c8)c8ccccc8c(-c8ccc9ccccc9c8)c7c6)cc5)ccc4C3N2)cc1. The molecule has 0 fully saturated rings. The number of fused-ring (bicyclic) bond motifs is 10. The van der Waals surface area contributed by atoms with Crippen LogP contribution in [0.1, 0.15) is 22.9 Å². The first-order valence-electron chi connectivity index (χ1n) is 23.9. The van der Waals surface area contributed by atoms with Gasteiger partial charge in [-0.15, -0.1) is 0 Å². The van der Waals surface area contributed by atoms with Crippen molar-refractivity contribution in [1.82, 2.24) is 5.32 Å². The van der Waals surface area contributed by atoms with Gasteiger partial charge in [-0.2, -0.15) is 0 Å². The summed E-state index contributed by atoms with van der Waals surface area (Å²) < 4.78 is 0. The van der Waals surface area contributed by atoms with E-state index in [4.69, 9.17) is 0 Å². The first-order chi connectivity index (χ1) is 34.2. The fourth-order valence-corrected chi connectivity index (χ4v) is 11.3. The average Bonchev–Trinajstić information content (AvgIpc) is 3.84. The summed E-state index contributed by atoms with van der Waals surface area (Å²) in [4.78, 5) is 2.51. The van der Waals surface area contributed by atoms with E-state index in [2.05, 4.69) is 265 Å². The third-order valence-electron chi connectivity index (χ3n) is 14.6. The van der Waals surface area contributed by atoms with Gasteiger partial charge >= 0.3 is 0 Å². The number of benzene rings is 12. The molecule has 0 saturated carbocycles. The van der Waals surface area contributed by atoms with Gasteiger partial charge in [0.25, 0.3) is 0 Å². The van der Waals surface area contributed by atoms with Crippen LogP contribution in [-0.2, 0) is 0 Å². The first kappa shape index (κ1) is 39.2. The number of anilines is 1. The van der Waals surface area contributed by atoms with Gasteiger partial charge in [-0.25, -0.2) is 0 Å². The van der Waals surface area contributed by atoms with Crippen LogP contribution in [0, 0.1) is 0 Å². The number of hydrogen-bond acceptors (Lipinski definition) is 2. The minimum absolute atomic E-state index is 0.0528. The second kappa shape index (κ2) is 15.8. The molecule has 1 N–H and O–H groups in total. The summed E-state index contributed by atoms with van der Waals surface area (Å²) in [6, 6.07) is 94.0. The number of nitrogens with one attached hydrogen (secondary N) is 1. The van der Waals surface area contributed by atoms with Gasteiger partial charge in [-0.1, -0.05) is 224 Å². The minimum Gasteiger partial charge on any atom is -0.359 e. The molecule has 0 aromatic heterocycles. The molecule has 12 aromatic rings. The predicted octanol–water partition coefficient (Wildman–Crippen LogP) is 17.6. The molecule has 2 nitrogen and oxygen atoms in total. The molecule has 0 radical (unpaired) electrons. The maximum absolute atomic E-state index is 4.01. The zero-order valence-corrected chi connectivity index (χ0v) is 37.8. The van der Waals surface area contributed by atoms with E-state index >= 15 is 0 Å². The largest absolute Gasteiger partial charge is 0.359 e. The second-order valence-corrected chi connectivity index (χ2v) is 18.4. The van der Waals surface area contributed by atoms with Crippen LogP contribution < -0.4 is 10.2 Å². The summed E-state index contributed by atoms with van der Waals surface area (Å²) in [5, 5.41) is 14.0. The molecule has 2 aliphatic heterocycles. The van der Waals surface area contributed by atoms with E-state index < -0.39 is 0 Å². The molecular formula is C67H44N2. The molecule has 0 bridgehead atoms. The maximum atomic E-state index is 4.01. The lowest BCUT2D eigenvalue weighted by Gasteiger charge is -2.37. The molecule has 0 aliphatic carbocycles. The van der Waals surface area contributed by atoms with Crippen LogP contribution in [0.4, 0.5) is 5.69 Å². The van der Waals surface area contributed by atoms with Crippen LogP contribution in [0.2, 0.25) is 0 Å². The molecule has 69 heavy (non-hydrogen) atoms. The van der Waals surface area contributed by atoms with Crippen LogP contribution in [-0.4, -0.2) is 0 Å². The molecule has 12 aromatic carbocycles. The van der Waals surface area contributed by atoms with E-state index in [1.54, 1.807) is 0 Å². The Morgan fingerprint density at radius 1 is 0.290 bits per heavy atom. The van der Waals surface area contributed by atoms with E-state index in [9.17, 15) is 0 Å². The monoisotopic (exact) mass is 876 g/mol. The lowest BCUT2D eigenvalue weighted by molar-refractivity contribution is 0.674. The van der Waals surface area contributed by atoms with Crippen LogP contribution in [0.25, 0.3) is 110 Å². The van der Waals surface area contributed by atoms with Crippen LogP contribution in [0.5, 0.6) is 0 Å². The van der Waals surface area contributed by atoms with Crippen molar-refractivity contribution in [3.05, 3.63) is 271 Å². The molecule has 2 heterocycles. The topological polar surface area (TPSA) is 15.3 Å². The van der Waals surface area contributed by atoms with Crippen LogP contribution in [0.15, 0.2) is 255 Å². The van der Waals surface area contributed by atoms with Crippen LogP contribution >= 0.6 is 0 Å². The van der Waals surface area contributed by atoms with Gasteiger partial charge < -0.3 is 10.2 Å². The zero-order valence-electron chi connectivity index (χ0n) is 37.8. The summed E-state index contributed by atoms with van der Waals surface area (Å²) in [6.45, 7) is 0. The minimum atomic E-state index is -0.0528. The Morgan fingerprint density at radius 3 is 1.42 bits per heavy atom. The van der Waals surface area contributed by atoms with Gasteiger partial charge in [0.1, 0.15) is 6.17 Å². The van der Waals surface area contributed by atoms with Crippen molar-refractivity contribution in [2.45, 2.75) is 6.17 Å². The van der Waals surface area contributed by atoms with Crippen molar-refractivity contribution >= 4 is 60.2 Å². The van der Waals surface area contributed by atoms with Gasteiger partial charge in [0, 0.05) is 16.7 Å². The van der Waals surface area contributed by atoms with E-state index in [1.807, 2.05) is 0 Å². The number of hydrogen-bond donors (Lipinski definition) is 1. The van der Waals surface area contributed by atoms with E-state index in [1.165, 1.54) is 127 Å². The highest BCUT2D eigenvalue weighted by atomic mass is 15.3. The van der Waals surface area contributed by atoms with Gasteiger partial charge in [0.2, 0.25) is 0 Å². The molecule has 2 heteroatoms. The van der Waals surface area contributed by atoms with Gasteiger partial charge in [0.15, 0.2) is 0 Å². The highest BCUT2D eigenvalue weighted by molar-refractivity contribution is 6.22. The van der Waals surface area contributed by atoms with Gasteiger partial charge in [-0.05, 0) is 129 Å². The summed E-state index contributed by atoms with van der Waals surface area (Å²) in [6.07, 6.45) is -0.0528. The van der Waals surface area contributed by atoms with Crippen molar-refractivity contribution in [3.63, 3.8) is 0 Å². The smallest absolute Gasteiger partial charge is 0.131 e. The number of nitrogens with zero attached hydrogens (tertiary/aromatic N) is 1. The van der Waals surface area contributed by atoms with Crippen molar-refractivity contribution in [2.24, 2.45) is 0 Å². The molecule has 322 valence electrons. The Kier molecular flexibility index (Phi) is 9.00. The van der Waals surface area contributed by atoms with Crippen molar-refractivity contribution in [3.8, 4) is 55.6 Å². The Bertz CT molecular complexity index is 4040. The van der Waals surface area contributed by atoms with Crippen molar-refractivity contribution < 1.29 is 0 Å². The van der Waals surface area contributed by atoms with E-state index in [0.717, 1.165) is 5.70 Å². The third kappa shape index (κ3) is 6.41. The summed E-state index contributed by atoms with van der Waals surface area (Å²) in [7, 11) is 0. The fourth-order valence-electron chi connectivity index (χ4n) is 11.3. The average molecular weight is 877 g/mol. The van der Waals surface area contributed by atoms with Gasteiger partial charge in [-0.3, -0.25) is 0 Å². The molecule has 0 spiro atoms. The predicted molar refractivity (Wildman–Crippen MR) is 292 cm³/mol. The van der Waals surface area contributed by atoms with E-state index in [-0.39, 0.29) is 6.17 Å². The Labute approximate surface area is 401 Å². The quantitative estimate of drug-likeness (QED) is 0.167. The lowest BCUT2D eigenvalue weighted by atomic mass is 9.84. The summed E-state index contributed by atoms with van der Waals surface area (Å²) >= 11 is 0. The van der Waals surface area contributed by atoms with Crippen molar-refractivity contribution in [2.75, 3.05) is 4.90 Å². The second-order valence-electron chi connectivity index (χ2n) is 18.4. The zero-order chi connectivity index (χ0) is 45.4. The number of para-hydroxylation sites is 1. The Balaban J connectivity index is 0.882. The molecule has 2 aliphatic rings. The standard InChI is InChI=1S/C67H44N2/c1-3-17-47(18-4-1)65-66(48-19-5-2-6-20-48)69-62-26-14-13-23-55(62)60-41-51(36-38-59(60)67(69)68-65)45-27-29-46(30-28-45)52-35-37-58-61(42-52)64(54-34-32-44-16-8-10-22-50(44)40-54)57-25-12-11-24-56(57)63(58)53-33-31-43-15-7-9-21-49(43)39-53/h1-42,67-68H. The third-order valence-corrected chi connectivity index (χ3v) is 14.6. The van der Waals surface area contributed by atoms with Gasteiger partial charge in [0.05, 0.1) is 17.1 Å². The van der Waals surface area contributed by atoms with Crippen LogP contribution in [0.3, 0.4) is 0 Å². The lowest BCUT2D eigenvalue weighted by Crippen LogP contribution is -2.32. The first-order valence-corrected chi connectivity index (χ1v) is 23.9. The molecule has 0 saturated heterocycles. The molecular weight excluding hydrogens is 833 g/mol. The van der Waals surface area contributed by atoms with E-state index in [0.29, 0.717) is 0 Å². The molecule has 1 unspecified atom stereocenters. The summed E-state index contributed by atoms with van der Waals surface area (Å²) in [5.41, 5.74) is 19.4. The Hall–Kier alpha value is -8.98. The molecule has 0 amide bonds. The normalized spacial score (nSPS) is 14.0. The molecule has 14 rings (SSSR count). The Morgan fingerprint density at radius 2 is 0.768 bits per heavy atom. The van der Waals surface area contributed by atoms with Crippen molar-refractivity contribution in [1.29, 1.82) is 0 Å².